The standard InChI is InChI=1S/C38H47ClF3N7O7/c1-44-32(50)22-55-35(52)25-6-12-48(21-25)26-8-13-46(14-9-26)34(51)31(20-23-18-28(38(40,41)42)33(43)29(39)19-23)56-37(54)47-15-10-27(11-16-47)49-17-7-24-4-2-3-5-30(24)45-36(49)53/h2-5,18-19,25-27,31H,6-17,20-22,43H2,1H3,(H,44,50)(H,45,53)/t25-,31+/m0/s1. The van der Waals surface area contributed by atoms with E-state index in [1.165, 1.54) is 18.0 Å². The Balaban J connectivity index is 1.09. The first-order valence-electron chi connectivity index (χ1n) is 18.9. The predicted molar refractivity (Wildman–Crippen MR) is 200 cm³/mol. The van der Waals surface area contributed by atoms with E-state index in [1.807, 2.05) is 24.3 Å². The summed E-state index contributed by atoms with van der Waals surface area (Å²) >= 11 is 6.11. The predicted octanol–water partition coefficient (Wildman–Crippen LogP) is 4.15. The number of halogens is 4. The summed E-state index contributed by atoms with van der Waals surface area (Å²) in [7, 11) is 1.46. The van der Waals surface area contributed by atoms with Crippen molar-refractivity contribution in [3.63, 3.8) is 0 Å². The molecule has 56 heavy (non-hydrogen) atoms. The van der Waals surface area contributed by atoms with E-state index in [4.69, 9.17) is 26.8 Å². The van der Waals surface area contributed by atoms with Gasteiger partial charge < -0.3 is 40.5 Å². The zero-order valence-electron chi connectivity index (χ0n) is 31.1. The van der Waals surface area contributed by atoms with Crippen LogP contribution in [0.2, 0.25) is 5.02 Å². The molecule has 6 rings (SSSR count). The number of urea groups is 1. The molecule has 0 radical (unpaired) electrons. The first-order valence-corrected chi connectivity index (χ1v) is 19.3. The van der Waals surface area contributed by atoms with Gasteiger partial charge in [0.25, 0.3) is 11.8 Å². The SMILES string of the molecule is CNC(=O)COC(=O)[C@H]1CCN(C2CCN(C(=O)[C@@H](Cc3cc(Cl)c(N)c(C(F)(F)F)c3)OC(=O)N3CCC(N4CCc5ccccc5NC4=O)CC3)CC2)C1. The van der Waals surface area contributed by atoms with Gasteiger partial charge in [-0.05, 0) is 74.4 Å². The average molecular weight is 806 g/mol. The Hall–Kier alpha value is -4.77. The molecule has 0 saturated carbocycles. The Labute approximate surface area is 327 Å². The highest BCUT2D eigenvalue weighted by atomic mass is 35.5. The Morgan fingerprint density at radius 3 is 2.34 bits per heavy atom. The number of amides is 5. The maximum atomic E-state index is 14.1. The minimum Gasteiger partial charge on any atom is -0.455 e. The number of alkyl halides is 3. The van der Waals surface area contributed by atoms with Gasteiger partial charge in [-0.1, -0.05) is 29.8 Å². The summed E-state index contributed by atoms with van der Waals surface area (Å²) in [6.45, 7) is 2.35. The lowest BCUT2D eigenvalue weighted by Crippen LogP contribution is -2.52. The number of nitrogens with zero attached hydrogens (tertiary/aromatic N) is 4. The molecule has 5 amide bonds. The summed E-state index contributed by atoms with van der Waals surface area (Å²) in [6.07, 6.45) is -4.12. The van der Waals surface area contributed by atoms with Crippen molar-refractivity contribution in [3.05, 3.63) is 58.1 Å². The summed E-state index contributed by atoms with van der Waals surface area (Å²) in [4.78, 5) is 71.8. The third kappa shape index (κ3) is 9.60. The number of anilines is 2. The molecule has 0 spiro atoms. The quantitative estimate of drug-likeness (QED) is 0.250. The van der Waals surface area contributed by atoms with Crippen molar-refractivity contribution in [2.24, 2.45) is 5.92 Å². The molecule has 0 unspecified atom stereocenters. The lowest BCUT2D eigenvalue weighted by molar-refractivity contribution is -0.152. The lowest BCUT2D eigenvalue weighted by Gasteiger charge is -2.39. The van der Waals surface area contributed by atoms with Gasteiger partial charge in [0.2, 0.25) is 0 Å². The Bertz CT molecular complexity index is 1800. The van der Waals surface area contributed by atoms with Gasteiger partial charge >= 0.3 is 24.3 Å². The second-order valence-corrected chi connectivity index (χ2v) is 15.1. The summed E-state index contributed by atoms with van der Waals surface area (Å²) < 4.78 is 52.6. The summed E-state index contributed by atoms with van der Waals surface area (Å²) in [5.74, 6) is -1.76. The van der Waals surface area contributed by atoms with E-state index in [1.54, 1.807) is 9.80 Å². The fraction of sp³-hybridized carbons (Fsp3) is 0.553. The third-order valence-corrected chi connectivity index (χ3v) is 11.5. The van der Waals surface area contributed by atoms with Crippen LogP contribution in [0.1, 0.15) is 48.8 Å². The van der Waals surface area contributed by atoms with E-state index in [0.29, 0.717) is 71.2 Å². The molecule has 0 bridgehead atoms. The van der Waals surface area contributed by atoms with Gasteiger partial charge in [0.1, 0.15) is 0 Å². The molecule has 4 heterocycles. The van der Waals surface area contributed by atoms with E-state index < -0.39 is 47.4 Å². The molecule has 14 nitrogen and oxygen atoms in total. The second-order valence-electron chi connectivity index (χ2n) is 14.7. The van der Waals surface area contributed by atoms with Crippen molar-refractivity contribution in [2.75, 3.05) is 70.5 Å². The molecular weight excluding hydrogens is 759 g/mol. The number of fused-ring (bicyclic) bond motifs is 1. The maximum absolute atomic E-state index is 14.1. The van der Waals surface area contributed by atoms with Crippen LogP contribution in [0.3, 0.4) is 0 Å². The summed E-state index contributed by atoms with van der Waals surface area (Å²) in [5, 5.41) is 5.04. The topological polar surface area (TPSA) is 167 Å². The number of nitrogens with one attached hydrogen (secondary N) is 2. The maximum Gasteiger partial charge on any atom is 0.418 e. The van der Waals surface area contributed by atoms with E-state index >= 15 is 0 Å². The molecule has 2 aromatic rings. The molecule has 4 aliphatic rings. The zero-order chi connectivity index (χ0) is 40.1. The number of nitrogens with two attached hydrogens (primary N) is 1. The fourth-order valence-corrected chi connectivity index (χ4v) is 8.25. The zero-order valence-corrected chi connectivity index (χ0v) is 31.9. The Morgan fingerprint density at radius 2 is 1.64 bits per heavy atom. The van der Waals surface area contributed by atoms with Crippen molar-refractivity contribution in [1.82, 2.24) is 24.9 Å². The number of carbonyl (C=O) groups excluding carboxylic acids is 5. The molecule has 0 aliphatic carbocycles. The van der Waals surface area contributed by atoms with Crippen LogP contribution in [0.5, 0.6) is 0 Å². The number of para-hydroxylation sites is 1. The molecular formula is C38H47ClF3N7O7. The normalized spacial score (nSPS) is 20.5. The highest BCUT2D eigenvalue weighted by Gasteiger charge is 2.40. The number of nitrogen functional groups attached to an aromatic ring is 1. The van der Waals surface area contributed by atoms with E-state index in [0.717, 1.165) is 17.3 Å². The van der Waals surface area contributed by atoms with Gasteiger partial charge in [-0.2, -0.15) is 13.2 Å². The van der Waals surface area contributed by atoms with Crippen LogP contribution in [-0.4, -0.2) is 127 Å². The molecule has 0 aromatic heterocycles. The molecule has 2 atom stereocenters. The first-order chi connectivity index (χ1) is 26.7. The number of piperidine rings is 2. The third-order valence-electron chi connectivity index (χ3n) is 11.2. The Morgan fingerprint density at radius 1 is 0.964 bits per heavy atom. The number of likely N-dealkylation sites (N-methyl/N-ethyl adjacent to an activating group) is 1. The smallest absolute Gasteiger partial charge is 0.418 e. The van der Waals surface area contributed by atoms with E-state index in [-0.39, 0.29) is 60.7 Å². The molecule has 4 aliphatic heterocycles. The Kier molecular flexibility index (Phi) is 12.8. The van der Waals surface area contributed by atoms with Gasteiger partial charge in [0.15, 0.2) is 12.7 Å². The minimum atomic E-state index is -4.81. The lowest BCUT2D eigenvalue weighted by atomic mass is 10.00. The number of esters is 1. The second kappa shape index (κ2) is 17.6. The molecule has 304 valence electrons. The highest BCUT2D eigenvalue weighted by Crippen LogP contribution is 2.38. The number of hydrogen-bond donors (Lipinski definition) is 3. The van der Waals surface area contributed by atoms with Crippen molar-refractivity contribution in [2.45, 2.75) is 69.3 Å². The minimum absolute atomic E-state index is 0.0239. The number of ether oxygens (including phenoxy) is 2. The fourth-order valence-electron chi connectivity index (χ4n) is 8.01. The molecule has 3 fully saturated rings. The van der Waals surface area contributed by atoms with E-state index in [2.05, 4.69) is 15.5 Å². The van der Waals surface area contributed by atoms with Gasteiger partial charge in [0.05, 0.1) is 22.2 Å². The van der Waals surface area contributed by atoms with Crippen molar-refractivity contribution in [1.29, 1.82) is 0 Å². The monoisotopic (exact) mass is 805 g/mol. The van der Waals surface area contributed by atoms with E-state index in [9.17, 15) is 37.1 Å². The number of carbonyl (C=O) groups is 5. The van der Waals surface area contributed by atoms with Crippen LogP contribution >= 0.6 is 11.6 Å². The van der Waals surface area contributed by atoms with Crippen LogP contribution < -0.4 is 16.4 Å². The van der Waals surface area contributed by atoms with Crippen molar-refractivity contribution in [3.8, 4) is 0 Å². The van der Waals surface area contributed by atoms with Gasteiger partial charge in [-0.3, -0.25) is 19.3 Å². The molecule has 2 aromatic carbocycles. The van der Waals surface area contributed by atoms with Gasteiger partial charge in [-0.15, -0.1) is 0 Å². The number of rotatable bonds is 9. The van der Waals surface area contributed by atoms with Crippen LogP contribution in [0, 0.1) is 5.92 Å². The van der Waals surface area contributed by atoms with Crippen LogP contribution in [0.15, 0.2) is 36.4 Å². The molecule has 18 heteroatoms. The summed E-state index contributed by atoms with van der Waals surface area (Å²) in [5.41, 5.74) is 5.70. The molecule has 4 N–H and O–H groups in total. The largest absolute Gasteiger partial charge is 0.455 e. The number of benzene rings is 2. The van der Waals surface area contributed by atoms with Crippen LogP contribution in [0.4, 0.5) is 34.1 Å². The number of likely N-dealkylation sites (tertiary alicyclic amines) is 3. The first kappa shape index (κ1) is 40.9. The van der Waals surface area contributed by atoms with Crippen LogP contribution in [-0.2, 0) is 42.9 Å². The molecule has 3 saturated heterocycles. The van der Waals surface area contributed by atoms with Crippen molar-refractivity contribution >= 4 is 52.9 Å². The van der Waals surface area contributed by atoms with Gasteiger partial charge in [-0.25, -0.2) is 9.59 Å². The van der Waals surface area contributed by atoms with Crippen LogP contribution in [0.25, 0.3) is 0 Å². The van der Waals surface area contributed by atoms with Crippen molar-refractivity contribution < 1.29 is 46.6 Å². The number of hydrogen-bond acceptors (Lipinski definition) is 9. The highest BCUT2D eigenvalue weighted by molar-refractivity contribution is 6.33. The van der Waals surface area contributed by atoms with Gasteiger partial charge in [0, 0.05) is 70.5 Å². The average Bonchev–Trinajstić information content (AvgIpc) is 3.62. The summed E-state index contributed by atoms with van der Waals surface area (Å²) in [6, 6.07) is 9.39.